The van der Waals surface area contributed by atoms with E-state index in [4.69, 9.17) is 4.74 Å². The first-order valence-corrected chi connectivity index (χ1v) is 6.60. The second kappa shape index (κ2) is 4.48. The van der Waals surface area contributed by atoms with Gasteiger partial charge in [0, 0.05) is 10.9 Å². The number of carbonyl (C=O) groups is 1. The predicted octanol–water partition coefficient (Wildman–Crippen LogP) is 3.22. The lowest BCUT2D eigenvalue weighted by atomic mass is 9.89. The van der Waals surface area contributed by atoms with E-state index in [1.54, 1.807) is 0 Å². The van der Waals surface area contributed by atoms with Crippen LogP contribution in [-0.2, 0) is 17.6 Å². The van der Waals surface area contributed by atoms with E-state index in [-0.39, 0.29) is 5.97 Å². The highest BCUT2D eigenvalue weighted by atomic mass is 16.5. The van der Waals surface area contributed by atoms with Gasteiger partial charge in [-0.15, -0.1) is 0 Å². The Labute approximate surface area is 106 Å². The highest BCUT2D eigenvalue weighted by molar-refractivity contribution is 5.96. The number of hydrogen-bond donors (Lipinski definition) is 1. The molecular formula is C15H17NO2. The first-order valence-electron chi connectivity index (χ1n) is 6.60. The van der Waals surface area contributed by atoms with Crippen LogP contribution >= 0.6 is 0 Å². The third kappa shape index (κ3) is 1.80. The van der Waals surface area contributed by atoms with Crippen LogP contribution < -0.4 is 0 Å². The maximum atomic E-state index is 11.7. The van der Waals surface area contributed by atoms with Crippen molar-refractivity contribution in [3.8, 4) is 0 Å². The van der Waals surface area contributed by atoms with Crippen molar-refractivity contribution in [3.05, 3.63) is 35.0 Å². The minimum absolute atomic E-state index is 0.266. The maximum Gasteiger partial charge on any atom is 0.354 e. The van der Waals surface area contributed by atoms with E-state index in [0.717, 1.165) is 18.4 Å². The molecule has 1 aromatic heterocycles. The Kier molecular flexibility index (Phi) is 2.82. The molecule has 0 saturated heterocycles. The van der Waals surface area contributed by atoms with E-state index in [0.29, 0.717) is 12.3 Å². The van der Waals surface area contributed by atoms with E-state index in [1.807, 2.05) is 13.0 Å². The van der Waals surface area contributed by atoms with Gasteiger partial charge < -0.3 is 9.72 Å². The van der Waals surface area contributed by atoms with Crippen molar-refractivity contribution in [1.29, 1.82) is 0 Å². The zero-order chi connectivity index (χ0) is 12.5. The molecule has 1 aliphatic carbocycles. The Morgan fingerprint density at radius 1 is 1.33 bits per heavy atom. The highest BCUT2D eigenvalue weighted by Crippen LogP contribution is 2.29. The van der Waals surface area contributed by atoms with Gasteiger partial charge in [-0.1, -0.05) is 6.07 Å². The largest absolute Gasteiger partial charge is 0.461 e. The number of rotatable bonds is 2. The molecular weight excluding hydrogens is 226 g/mol. The zero-order valence-electron chi connectivity index (χ0n) is 10.6. The van der Waals surface area contributed by atoms with Crippen LogP contribution in [0, 0.1) is 0 Å². The summed E-state index contributed by atoms with van der Waals surface area (Å²) in [6, 6.07) is 6.20. The van der Waals surface area contributed by atoms with Gasteiger partial charge in [0.05, 0.1) is 6.61 Å². The number of aryl methyl sites for hydroxylation is 2. The number of nitrogens with one attached hydrogen (secondary N) is 1. The van der Waals surface area contributed by atoms with Gasteiger partial charge in [-0.3, -0.25) is 0 Å². The number of esters is 1. The fourth-order valence-electron chi connectivity index (χ4n) is 2.77. The number of fused-ring (bicyclic) bond motifs is 3. The summed E-state index contributed by atoms with van der Waals surface area (Å²) in [5.41, 5.74) is 4.44. The van der Waals surface area contributed by atoms with Crippen LogP contribution in [-0.4, -0.2) is 17.6 Å². The topological polar surface area (TPSA) is 42.1 Å². The smallest absolute Gasteiger partial charge is 0.354 e. The van der Waals surface area contributed by atoms with Gasteiger partial charge in [-0.25, -0.2) is 4.79 Å². The highest BCUT2D eigenvalue weighted by Gasteiger charge is 2.16. The van der Waals surface area contributed by atoms with Crippen LogP contribution in [0.2, 0.25) is 0 Å². The molecule has 18 heavy (non-hydrogen) atoms. The Hall–Kier alpha value is -1.77. The lowest BCUT2D eigenvalue weighted by Crippen LogP contribution is -2.04. The van der Waals surface area contributed by atoms with Crippen molar-refractivity contribution in [2.24, 2.45) is 0 Å². The molecule has 1 N–H and O–H groups in total. The Balaban J connectivity index is 2.09. The molecule has 3 nitrogen and oxygen atoms in total. The van der Waals surface area contributed by atoms with E-state index in [1.165, 1.54) is 29.4 Å². The number of H-pyrrole nitrogens is 1. The normalized spacial score (nSPS) is 14.5. The molecule has 3 heteroatoms. The molecule has 0 atom stereocenters. The lowest BCUT2D eigenvalue weighted by molar-refractivity contribution is 0.0520. The number of ether oxygens (including phenoxy) is 1. The van der Waals surface area contributed by atoms with Gasteiger partial charge >= 0.3 is 5.97 Å². The molecule has 1 heterocycles. The molecule has 3 rings (SSSR count). The fraction of sp³-hybridized carbons (Fsp3) is 0.400. The first kappa shape index (κ1) is 11.3. The number of benzene rings is 1. The van der Waals surface area contributed by atoms with E-state index < -0.39 is 0 Å². The summed E-state index contributed by atoms with van der Waals surface area (Å²) >= 11 is 0. The summed E-state index contributed by atoms with van der Waals surface area (Å²) in [4.78, 5) is 14.9. The number of aromatic amines is 1. The summed E-state index contributed by atoms with van der Waals surface area (Å²) in [5.74, 6) is -0.266. The van der Waals surface area contributed by atoms with Crippen molar-refractivity contribution in [1.82, 2.24) is 4.98 Å². The third-order valence-corrected chi connectivity index (χ3v) is 3.63. The maximum absolute atomic E-state index is 11.7. The second-order valence-corrected chi connectivity index (χ2v) is 4.78. The molecule has 0 saturated carbocycles. The molecule has 1 aliphatic rings. The van der Waals surface area contributed by atoms with Gasteiger partial charge in [0.1, 0.15) is 5.69 Å². The first-order chi connectivity index (χ1) is 8.79. The second-order valence-electron chi connectivity index (χ2n) is 4.78. The summed E-state index contributed by atoms with van der Waals surface area (Å²) in [5, 5.41) is 1.19. The molecule has 0 bridgehead atoms. The predicted molar refractivity (Wildman–Crippen MR) is 70.9 cm³/mol. The Morgan fingerprint density at radius 3 is 3.00 bits per heavy atom. The number of aromatic nitrogens is 1. The average Bonchev–Trinajstić information content (AvgIpc) is 2.83. The molecule has 2 aromatic rings. The van der Waals surface area contributed by atoms with Crippen molar-refractivity contribution in [3.63, 3.8) is 0 Å². The molecule has 0 fully saturated rings. The minimum atomic E-state index is -0.266. The van der Waals surface area contributed by atoms with Gasteiger partial charge in [0.15, 0.2) is 0 Å². The van der Waals surface area contributed by atoms with Crippen molar-refractivity contribution in [2.45, 2.75) is 32.6 Å². The molecule has 0 unspecified atom stereocenters. The van der Waals surface area contributed by atoms with Crippen LogP contribution in [0.5, 0.6) is 0 Å². The molecule has 0 aliphatic heterocycles. The standard InChI is InChI=1S/C15H17NO2/c1-2-18-15(17)14-9-12-11-6-4-3-5-10(11)7-8-13(12)16-14/h7-9,16H,2-6H2,1H3. The van der Waals surface area contributed by atoms with Crippen LogP contribution in [0.25, 0.3) is 10.9 Å². The molecule has 0 radical (unpaired) electrons. The van der Waals surface area contributed by atoms with E-state index >= 15 is 0 Å². The number of carbonyl (C=O) groups excluding carboxylic acids is 1. The van der Waals surface area contributed by atoms with Crippen LogP contribution in [0.4, 0.5) is 0 Å². The fourth-order valence-corrected chi connectivity index (χ4v) is 2.77. The van der Waals surface area contributed by atoms with Gasteiger partial charge in [-0.2, -0.15) is 0 Å². The summed E-state index contributed by atoms with van der Waals surface area (Å²) in [7, 11) is 0. The van der Waals surface area contributed by atoms with Gasteiger partial charge in [0.2, 0.25) is 0 Å². The van der Waals surface area contributed by atoms with E-state index in [9.17, 15) is 4.79 Å². The Bertz CT molecular complexity index is 598. The summed E-state index contributed by atoms with van der Waals surface area (Å²) < 4.78 is 5.03. The summed E-state index contributed by atoms with van der Waals surface area (Å²) in [6.45, 7) is 2.23. The monoisotopic (exact) mass is 243 g/mol. The molecule has 0 spiro atoms. The SMILES string of the molecule is CCOC(=O)c1cc2c3c(ccc2[nH]1)CCCC3. The van der Waals surface area contributed by atoms with Gasteiger partial charge in [0.25, 0.3) is 0 Å². The number of hydrogen-bond acceptors (Lipinski definition) is 2. The average molecular weight is 243 g/mol. The minimum Gasteiger partial charge on any atom is -0.461 e. The lowest BCUT2D eigenvalue weighted by Gasteiger charge is -2.15. The van der Waals surface area contributed by atoms with Crippen LogP contribution in [0.3, 0.4) is 0 Å². The van der Waals surface area contributed by atoms with Crippen molar-refractivity contribution >= 4 is 16.9 Å². The molecule has 1 aromatic carbocycles. The zero-order valence-corrected chi connectivity index (χ0v) is 10.6. The molecule has 94 valence electrons. The van der Waals surface area contributed by atoms with Crippen LogP contribution in [0.1, 0.15) is 41.4 Å². The van der Waals surface area contributed by atoms with Crippen LogP contribution in [0.15, 0.2) is 18.2 Å². The Morgan fingerprint density at radius 2 is 2.17 bits per heavy atom. The van der Waals surface area contributed by atoms with Crippen molar-refractivity contribution < 1.29 is 9.53 Å². The summed E-state index contributed by atoms with van der Waals surface area (Å²) in [6.07, 6.45) is 4.79. The third-order valence-electron chi connectivity index (χ3n) is 3.63. The van der Waals surface area contributed by atoms with Gasteiger partial charge in [-0.05, 0) is 55.9 Å². The quantitative estimate of drug-likeness (QED) is 0.823. The molecule has 0 amide bonds. The van der Waals surface area contributed by atoms with E-state index in [2.05, 4.69) is 17.1 Å². The van der Waals surface area contributed by atoms with Crippen molar-refractivity contribution in [2.75, 3.05) is 6.61 Å².